The molecule has 2 amide bonds. The lowest BCUT2D eigenvalue weighted by Gasteiger charge is -2.40. The third-order valence-corrected chi connectivity index (χ3v) is 5.29. The Bertz CT molecular complexity index is 389. The molecule has 0 aliphatic carbocycles. The summed E-state index contributed by atoms with van der Waals surface area (Å²) in [7, 11) is 0. The Morgan fingerprint density at radius 2 is 1.80 bits per heavy atom. The molecule has 0 aromatic carbocycles. The largest absolute Gasteiger partial charge is 0.481 e. The SMILES string of the molecule is CCC1(C)CCN(C(=O)N2C[C@@H](C)[C@H](C(=O)O)C2)CC1. The maximum atomic E-state index is 12.5. The molecule has 0 spiro atoms. The molecule has 2 atom stereocenters. The zero-order valence-corrected chi connectivity index (χ0v) is 12.8. The van der Waals surface area contributed by atoms with Gasteiger partial charge >= 0.3 is 12.0 Å². The molecule has 2 rings (SSSR count). The lowest BCUT2D eigenvalue weighted by molar-refractivity contribution is -0.142. The van der Waals surface area contributed by atoms with Gasteiger partial charge in [0.15, 0.2) is 0 Å². The third kappa shape index (κ3) is 2.91. The third-order valence-electron chi connectivity index (χ3n) is 5.29. The minimum absolute atomic E-state index is 0.0266. The minimum atomic E-state index is -0.787. The number of aliphatic carboxylic acids is 1. The highest BCUT2D eigenvalue weighted by Gasteiger charge is 2.39. The van der Waals surface area contributed by atoms with Crippen molar-refractivity contribution in [1.29, 1.82) is 0 Å². The van der Waals surface area contributed by atoms with Gasteiger partial charge in [-0.25, -0.2) is 4.79 Å². The van der Waals surface area contributed by atoms with Crippen LogP contribution in [0.3, 0.4) is 0 Å². The van der Waals surface area contributed by atoms with Crippen molar-refractivity contribution in [2.24, 2.45) is 17.3 Å². The van der Waals surface area contributed by atoms with Crippen molar-refractivity contribution < 1.29 is 14.7 Å². The van der Waals surface area contributed by atoms with E-state index in [0.717, 1.165) is 32.4 Å². The summed E-state index contributed by atoms with van der Waals surface area (Å²) in [6, 6.07) is 0.0266. The lowest BCUT2D eigenvalue weighted by Crippen LogP contribution is -2.48. The van der Waals surface area contributed by atoms with Gasteiger partial charge in [0.2, 0.25) is 0 Å². The molecule has 0 bridgehead atoms. The van der Waals surface area contributed by atoms with Gasteiger partial charge in [0.1, 0.15) is 0 Å². The van der Waals surface area contributed by atoms with E-state index in [4.69, 9.17) is 5.11 Å². The van der Waals surface area contributed by atoms with Crippen molar-refractivity contribution in [3.8, 4) is 0 Å². The Labute approximate surface area is 120 Å². The van der Waals surface area contributed by atoms with Crippen LogP contribution < -0.4 is 0 Å². The quantitative estimate of drug-likeness (QED) is 0.845. The summed E-state index contributed by atoms with van der Waals surface area (Å²) in [4.78, 5) is 27.2. The zero-order valence-electron chi connectivity index (χ0n) is 12.8. The van der Waals surface area contributed by atoms with Crippen LogP contribution in [0.1, 0.15) is 40.0 Å². The van der Waals surface area contributed by atoms with Crippen molar-refractivity contribution in [2.45, 2.75) is 40.0 Å². The number of piperidine rings is 1. The molecule has 0 radical (unpaired) electrons. The van der Waals surface area contributed by atoms with E-state index < -0.39 is 11.9 Å². The number of likely N-dealkylation sites (tertiary alicyclic amines) is 2. The summed E-state index contributed by atoms with van der Waals surface area (Å²) in [5.41, 5.74) is 0.360. The molecule has 2 fully saturated rings. The van der Waals surface area contributed by atoms with Gasteiger partial charge < -0.3 is 14.9 Å². The molecule has 0 unspecified atom stereocenters. The number of hydrogen-bond donors (Lipinski definition) is 1. The zero-order chi connectivity index (χ0) is 14.9. The fourth-order valence-corrected chi connectivity index (χ4v) is 3.24. The standard InChI is InChI=1S/C15H26N2O3/c1-4-15(3)5-7-16(8-6-15)14(20)17-9-11(2)12(10-17)13(18)19/h11-12H,4-10H2,1-3H3,(H,18,19)/t11-,12-/m1/s1. The first kappa shape index (κ1) is 15.1. The van der Waals surface area contributed by atoms with Gasteiger partial charge in [-0.3, -0.25) is 4.79 Å². The molecule has 2 heterocycles. The highest BCUT2D eigenvalue weighted by molar-refractivity contribution is 5.77. The number of rotatable bonds is 2. The van der Waals surface area contributed by atoms with Crippen molar-refractivity contribution in [3.63, 3.8) is 0 Å². The van der Waals surface area contributed by atoms with Gasteiger partial charge in [0.05, 0.1) is 5.92 Å². The first-order chi connectivity index (χ1) is 9.36. The number of carbonyl (C=O) groups excluding carboxylic acids is 1. The molecule has 0 aromatic rings. The Kier molecular flexibility index (Phi) is 4.25. The summed E-state index contributed by atoms with van der Waals surface area (Å²) >= 11 is 0. The van der Waals surface area contributed by atoms with E-state index in [2.05, 4.69) is 13.8 Å². The predicted molar refractivity (Wildman–Crippen MR) is 76.5 cm³/mol. The Balaban J connectivity index is 1.92. The summed E-state index contributed by atoms with van der Waals surface area (Å²) in [5.74, 6) is -1.16. The first-order valence-corrected chi connectivity index (χ1v) is 7.63. The van der Waals surface area contributed by atoms with Crippen molar-refractivity contribution in [3.05, 3.63) is 0 Å². The monoisotopic (exact) mass is 282 g/mol. The topological polar surface area (TPSA) is 60.9 Å². The van der Waals surface area contributed by atoms with E-state index in [1.165, 1.54) is 0 Å². The first-order valence-electron chi connectivity index (χ1n) is 7.63. The number of carboxylic acids is 1. The number of amides is 2. The fourth-order valence-electron chi connectivity index (χ4n) is 3.24. The second kappa shape index (κ2) is 5.62. The number of carboxylic acid groups (broad SMARTS) is 1. The van der Waals surface area contributed by atoms with Crippen LogP contribution in [0.15, 0.2) is 0 Å². The van der Waals surface area contributed by atoms with Crippen LogP contribution in [-0.4, -0.2) is 53.1 Å². The molecular weight excluding hydrogens is 256 g/mol. The fraction of sp³-hybridized carbons (Fsp3) is 0.867. The van der Waals surface area contributed by atoms with E-state index in [1.807, 2.05) is 11.8 Å². The Hall–Kier alpha value is -1.26. The van der Waals surface area contributed by atoms with Crippen LogP contribution in [0.4, 0.5) is 4.79 Å². The number of nitrogens with zero attached hydrogens (tertiary/aromatic N) is 2. The summed E-state index contributed by atoms with van der Waals surface area (Å²) in [6.45, 7) is 8.92. The predicted octanol–water partition coefficient (Wildman–Crippen LogP) is 2.27. The number of urea groups is 1. The van der Waals surface area contributed by atoms with Crippen LogP contribution in [0.2, 0.25) is 0 Å². The van der Waals surface area contributed by atoms with Gasteiger partial charge in [-0.1, -0.05) is 27.2 Å². The second-order valence-corrected chi connectivity index (χ2v) is 6.76. The van der Waals surface area contributed by atoms with E-state index in [-0.39, 0.29) is 11.9 Å². The number of hydrogen-bond acceptors (Lipinski definition) is 2. The Morgan fingerprint density at radius 3 is 2.25 bits per heavy atom. The average molecular weight is 282 g/mol. The van der Waals surface area contributed by atoms with E-state index in [9.17, 15) is 9.59 Å². The van der Waals surface area contributed by atoms with Gasteiger partial charge in [0.25, 0.3) is 0 Å². The molecule has 5 nitrogen and oxygen atoms in total. The molecular formula is C15H26N2O3. The Morgan fingerprint density at radius 1 is 1.20 bits per heavy atom. The highest BCUT2D eigenvalue weighted by atomic mass is 16.4. The van der Waals surface area contributed by atoms with Gasteiger partial charge in [-0.05, 0) is 24.2 Å². The van der Waals surface area contributed by atoms with E-state index >= 15 is 0 Å². The lowest BCUT2D eigenvalue weighted by atomic mass is 9.78. The molecule has 0 saturated carbocycles. The molecule has 1 N–H and O–H groups in total. The summed E-state index contributed by atoms with van der Waals surface area (Å²) in [5, 5.41) is 9.14. The molecule has 0 aromatic heterocycles. The second-order valence-electron chi connectivity index (χ2n) is 6.76. The average Bonchev–Trinajstić information content (AvgIpc) is 2.81. The van der Waals surface area contributed by atoms with Gasteiger partial charge in [0, 0.05) is 26.2 Å². The number of carbonyl (C=O) groups is 2. The molecule has 2 saturated heterocycles. The van der Waals surface area contributed by atoms with Gasteiger partial charge in [-0.15, -0.1) is 0 Å². The molecule has 2 aliphatic heterocycles. The minimum Gasteiger partial charge on any atom is -0.481 e. The normalized spacial score (nSPS) is 29.6. The van der Waals surface area contributed by atoms with Crippen LogP contribution in [-0.2, 0) is 4.79 Å². The summed E-state index contributed by atoms with van der Waals surface area (Å²) < 4.78 is 0. The molecule has 2 aliphatic rings. The molecule has 5 heteroatoms. The van der Waals surface area contributed by atoms with Gasteiger partial charge in [-0.2, -0.15) is 0 Å². The van der Waals surface area contributed by atoms with Crippen LogP contribution in [0, 0.1) is 17.3 Å². The van der Waals surface area contributed by atoms with E-state index in [1.54, 1.807) is 4.90 Å². The molecule has 20 heavy (non-hydrogen) atoms. The van der Waals surface area contributed by atoms with Crippen molar-refractivity contribution in [2.75, 3.05) is 26.2 Å². The maximum Gasteiger partial charge on any atom is 0.320 e. The maximum absolute atomic E-state index is 12.5. The van der Waals surface area contributed by atoms with Crippen LogP contribution in [0.5, 0.6) is 0 Å². The highest BCUT2D eigenvalue weighted by Crippen LogP contribution is 2.34. The van der Waals surface area contributed by atoms with Crippen molar-refractivity contribution in [1.82, 2.24) is 9.80 Å². The molecule has 114 valence electrons. The van der Waals surface area contributed by atoms with Crippen LogP contribution >= 0.6 is 0 Å². The summed E-state index contributed by atoms with van der Waals surface area (Å²) in [6.07, 6.45) is 3.23. The van der Waals surface area contributed by atoms with Crippen molar-refractivity contribution >= 4 is 12.0 Å². The smallest absolute Gasteiger partial charge is 0.320 e. The van der Waals surface area contributed by atoms with Crippen LogP contribution in [0.25, 0.3) is 0 Å². The van der Waals surface area contributed by atoms with E-state index in [0.29, 0.717) is 18.5 Å².